The first-order chi connectivity index (χ1) is 19.8. The van der Waals surface area contributed by atoms with Gasteiger partial charge in [-0.1, -0.05) is 61.5 Å². The quantitative estimate of drug-likeness (QED) is 0.249. The zero-order chi connectivity index (χ0) is 29.7. The van der Waals surface area contributed by atoms with Gasteiger partial charge in [-0.25, -0.2) is 13.1 Å². The molecule has 0 fully saturated rings. The lowest BCUT2D eigenvalue weighted by atomic mass is 10.0. The number of amides is 2. The highest BCUT2D eigenvalue weighted by atomic mass is 32.2. The molecular formula is C31H39N3O6S. The van der Waals surface area contributed by atoms with Crippen LogP contribution in [0.4, 0.5) is 0 Å². The summed E-state index contributed by atoms with van der Waals surface area (Å²) in [6, 6.07) is 22.3. The van der Waals surface area contributed by atoms with Crippen molar-refractivity contribution in [2.75, 3.05) is 33.9 Å². The number of hydrogen-bond acceptors (Lipinski definition) is 6. The Kier molecular flexibility index (Phi) is 12.3. The molecule has 3 aromatic carbocycles. The van der Waals surface area contributed by atoms with Gasteiger partial charge in [-0.2, -0.15) is 0 Å². The number of nitrogens with zero attached hydrogens (tertiary/aromatic N) is 1. The molecule has 0 radical (unpaired) electrons. The van der Waals surface area contributed by atoms with E-state index in [0.717, 1.165) is 11.1 Å². The maximum absolute atomic E-state index is 13.8. The van der Waals surface area contributed by atoms with E-state index < -0.39 is 16.1 Å². The van der Waals surface area contributed by atoms with E-state index in [0.29, 0.717) is 43.9 Å². The van der Waals surface area contributed by atoms with E-state index in [1.165, 1.54) is 12.1 Å². The molecule has 220 valence electrons. The van der Waals surface area contributed by atoms with Gasteiger partial charge in [0.1, 0.15) is 11.8 Å². The average Bonchev–Trinajstić information content (AvgIpc) is 2.99. The smallest absolute Gasteiger partial charge is 0.247 e. The fourth-order valence-electron chi connectivity index (χ4n) is 4.39. The van der Waals surface area contributed by atoms with E-state index in [-0.39, 0.29) is 29.7 Å². The maximum atomic E-state index is 13.8. The Labute approximate surface area is 242 Å². The third-order valence-electron chi connectivity index (χ3n) is 6.53. The van der Waals surface area contributed by atoms with Crippen LogP contribution in [-0.2, 0) is 37.3 Å². The molecule has 0 bridgehead atoms. The minimum Gasteiger partial charge on any atom is -0.497 e. The minimum absolute atomic E-state index is 0.135. The van der Waals surface area contributed by atoms with Crippen molar-refractivity contribution in [2.45, 2.75) is 43.7 Å². The monoisotopic (exact) mass is 581 g/mol. The van der Waals surface area contributed by atoms with Gasteiger partial charge in [0.05, 0.1) is 12.0 Å². The van der Waals surface area contributed by atoms with E-state index >= 15 is 0 Å². The Morgan fingerprint density at radius 1 is 0.902 bits per heavy atom. The summed E-state index contributed by atoms with van der Waals surface area (Å²) in [4.78, 5) is 29.2. The predicted octanol–water partition coefficient (Wildman–Crippen LogP) is 3.85. The SMILES string of the molecule is CCNS(=O)(=O)c1ccc(CCC(=O)N(Cc2ccc(OC)cc2)[C@H](C(=O)NCCCOC)c2ccccc2)cc1. The van der Waals surface area contributed by atoms with E-state index in [2.05, 4.69) is 10.0 Å². The predicted molar refractivity (Wildman–Crippen MR) is 158 cm³/mol. The lowest BCUT2D eigenvalue weighted by molar-refractivity contribution is -0.141. The molecule has 0 unspecified atom stereocenters. The highest BCUT2D eigenvalue weighted by molar-refractivity contribution is 7.89. The molecule has 0 aromatic heterocycles. The van der Waals surface area contributed by atoms with Gasteiger partial charge in [0.15, 0.2) is 0 Å². The molecule has 0 spiro atoms. The number of carbonyl (C=O) groups is 2. The van der Waals surface area contributed by atoms with Crippen molar-refractivity contribution in [2.24, 2.45) is 0 Å². The van der Waals surface area contributed by atoms with Crippen molar-refractivity contribution in [1.29, 1.82) is 0 Å². The number of rotatable bonds is 16. The van der Waals surface area contributed by atoms with Crippen LogP contribution in [0.1, 0.15) is 42.5 Å². The van der Waals surface area contributed by atoms with Crippen molar-refractivity contribution in [3.05, 3.63) is 95.6 Å². The van der Waals surface area contributed by atoms with Crippen LogP contribution in [0, 0.1) is 0 Å². The molecule has 2 N–H and O–H groups in total. The molecule has 3 aromatic rings. The molecule has 0 saturated heterocycles. The Morgan fingerprint density at radius 3 is 2.17 bits per heavy atom. The standard InChI is InChI=1S/C31H39N3O6S/c1-4-33-41(37,38)28-18-13-24(14-19-28)15-20-29(35)34(23-25-11-16-27(40-3)17-12-25)30(26-9-6-5-7-10-26)31(36)32-21-8-22-39-2/h5-7,9-14,16-19,30,33H,4,8,15,20-23H2,1-3H3,(H,32,36)/t30-/m0/s1. The minimum atomic E-state index is -3.56. The van der Waals surface area contributed by atoms with Gasteiger partial charge < -0.3 is 19.7 Å². The highest BCUT2D eigenvalue weighted by Crippen LogP contribution is 2.26. The molecule has 0 aliphatic carbocycles. The molecular weight excluding hydrogens is 542 g/mol. The molecule has 0 saturated carbocycles. The number of hydrogen-bond donors (Lipinski definition) is 2. The number of benzene rings is 3. The number of aryl methyl sites for hydroxylation is 1. The fraction of sp³-hybridized carbons (Fsp3) is 0.355. The van der Waals surface area contributed by atoms with Gasteiger partial charge in [-0.05, 0) is 53.8 Å². The van der Waals surface area contributed by atoms with Gasteiger partial charge in [0.25, 0.3) is 0 Å². The van der Waals surface area contributed by atoms with Crippen LogP contribution in [0.15, 0.2) is 83.8 Å². The van der Waals surface area contributed by atoms with Gasteiger partial charge in [0.2, 0.25) is 21.8 Å². The second-order valence-electron chi connectivity index (χ2n) is 9.47. The molecule has 0 aliphatic heterocycles. The normalized spacial score (nSPS) is 12.0. The summed E-state index contributed by atoms with van der Waals surface area (Å²) in [5.41, 5.74) is 2.38. The largest absolute Gasteiger partial charge is 0.497 e. The summed E-state index contributed by atoms with van der Waals surface area (Å²) in [6.07, 6.45) is 1.17. The third-order valence-corrected chi connectivity index (χ3v) is 8.09. The molecule has 1 atom stereocenters. The lowest BCUT2D eigenvalue weighted by Gasteiger charge is -2.32. The number of sulfonamides is 1. The summed E-state index contributed by atoms with van der Waals surface area (Å²) in [7, 11) is -0.362. The Bertz CT molecular complexity index is 1350. The zero-order valence-corrected chi connectivity index (χ0v) is 24.7. The molecule has 3 rings (SSSR count). The summed E-state index contributed by atoms with van der Waals surface area (Å²) < 4.78 is 37.4. The number of ether oxygens (including phenoxy) is 2. The summed E-state index contributed by atoms with van der Waals surface area (Å²) in [6.45, 7) is 3.17. The molecule has 41 heavy (non-hydrogen) atoms. The first kappa shape index (κ1) is 31.8. The second kappa shape index (κ2) is 15.9. The van der Waals surface area contributed by atoms with E-state index in [1.54, 1.807) is 38.2 Å². The maximum Gasteiger partial charge on any atom is 0.247 e. The lowest BCUT2D eigenvalue weighted by Crippen LogP contribution is -2.43. The summed E-state index contributed by atoms with van der Waals surface area (Å²) >= 11 is 0. The number of nitrogens with one attached hydrogen (secondary N) is 2. The number of carbonyl (C=O) groups excluding carboxylic acids is 2. The van der Waals surface area contributed by atoms with Crippen LogP contribution < -0.4 is 14.8 Å². The Morgan fingerprint density at radius 2 is 1.56 bits per heavy atom. The van der Waals surface area contributed by atoms with Crippen LogP contribution >= 0.6 is 0 Å². The highest BCUT2D eigenvalue weighted by Gasteiger charge is 2.31. The van der Waals surface area contributed by atoms with Gasteiger partial charge in [-0.3, -0.25) is 9.59 Å². The van der Waals surface area contributed by atoms with Crippen molar-refractivity contribution in [1.82, 2.24) is 14.9 Å². The topological polar surface area (TPSA) is 114 Å². The molecule has 10 heteroatoms. The van der Waals surface area contributed by atoms with Crippen LogP contribution in [0.2, 0.25) is 0 Å². The third kappa shape index (κ3) is 9.41. The summed E-state index contributed by atoms with van der Waals surface area (Å²) in [5.74, 6) is 0.222. The van der Waals surface area contributed by atoms with E-state index in [9.17, 15) is 18.0 Å². The number of methoxy groups -OCH3 is 2. The van der Waals surface area contributed by atoms with Crippen molar-refractivity contribution < 1.29 is 27.5 Å². The van der Waals surface area contributed by atoms with E-state index in [1.807, 2.05) is 54.6 Å². The first-order valence-corrected chi connectivity index (χ1v) is 15.1. The molecule has 2 amide bonds. The summed E-state index contributed by atoms with van der Waals surface area (Å²) in [5, 5.41) is 2.96. The van der Waals surface area contributed by atoms with Crippen LogP contribution in [-0.4, -0.2) is 59.0 Å². The van der Waals surface area contributed by atoms with Gasteiger partial charge >= 0.3 is 0 Å². The average molecular weight is 582 g/mol. The van der Waals surface area contributed by atoms with Crippen LogP contribution in [0.3, 0.4) is 0 Å². The Balaban J connectivity index is 1.87. The molecule has 0 heterocycles. The van der Waals surface area contributed by atoms with Crippen molar-refractivity contribution in [3.63, 3.8) is 0 Å². The molecule has 0 aliphatic rings. The van der Waals surface area contributed by atoms with Crippen molar-refractivity contribution in [3.8, 4) is 5.75 Å². The zero-order valence-electron chi connectivity index (χ0n) is 23.8. The van der Waals surface area contributed by atoms with E-state index in [4.69, 9.17) is 9.47 Å². The Hall–Kier alpha value is -3.73. The molecule has 9 nitrogen and oxygen atoms in total. The van der Waals surface area contributed by atoms with Crippen molar-refractivity contribution >= 4 is 21.8 Å². The van der Waals surface area contributed by atoms with Crippen LogP contribution in [0.25, 0.3) is 0 Å². The van der Waals surface area contributed by atoms with Gasteiger partial charge in [0, 0.05) is 39.8 Å². The first-order valence-electron chi connectivity index (χ1n) is 13.6. The van der Waals surface area contributed by atoms with Gasteiger partial charge in [-0.15, -0.1) is 0 Å². The fourth-order valence-corrected chi connectivity index (χ4v) is 5.43. The second-order valence-corrected chi connectivity index (χ2v) is 11.2. The van der Waals surface area contributed by atoms with Crippen LogP contribution in [0.5, 0.6) is 5.75 Å².